The fourth-order valence-electron chi connectivity index (χ4n) is 4.10. The molecular weight excluding hydrogens is 437 g/mol. The molecule has 12 heteroatoms. The number of rotatable bonds is 6. The molecule has 0 aliphatic carbocycles. The Morgan fingerprint density at radius 2 is 1.97 bits per heavy atom. The summed E-state index contributed by atoms with van der Waals surface area (Å²) in [5, 5.41) is 4.27. The van der Waals surface area contributed by atoms with Gasteiger partial charge in [0, 0.05) is 31.7 Å². The van der Waals surface area contributed by atoms with E-state index < -0.39 is 17.5 Å². The molecule has 5 rings (SSSR count). The highest BCUT2D eigenvalue weighted by Gasteiger charge is 2.29. The van der Waals surface area contributed by atoms with Gasteiger partial charge in [-0.2, -0.15) is 19.5 Å². The van der Waals surface area contributed by atoms with Crippen LogP contribution in [0.5, 0.6) is 0 Å². The number of fused-ring (bicyclic) bond motifs is 1. The lowest BCUT2D eigenvalue weighted by atomic mass is 10.1. The third-order valence-corrected chi connectivity index (χ3v) is 5.79. The number of likely N-dealkylation sites (tertiary alicyclic amines) is 1. The SMILES string of the molecule is CN(CC1CCCN1Cc1c(F)ccc(F)c1F)c1nc(N)n2nc(-c3ccco3)nc2n1. The Morgan fingerprint density at radius 1 is 1.15 bits per heavy atom. The molecule has 9 nitrogen and oxygen atoms in total. The average Bonchev–Trinajstić information content (AvgIpc) is 3.54. The van der Waals surface area contributed by atoms with Crippen molar-refractivity contribution in [3.63, 3.8) is 0 Å². The standard InChI is InChI=1S/C21H21F3N8O/c1-30(10-12-4-2-8-31(12)11-13-14(22)6-7-15(23)17(13)24)20-27-19(25)32-21(28-20)26-18(29-32)16-5-3-9-33-16/h3,5-7,9,12H,2,4,8,10-11H2,1H3,(H2,25,26,27,28,29). The zero-order valence-corrected chi connectivity index (χ0v) is 17.7. The lowest BCUT2D eigenvalue weighted by molar-refractivity contribution is 0.239. The highest BCUT2D eigenvalue weighted by molar-refractivity contribution is 5.53. The number of aromatic nitrogens is 5. The summed E-state index contributed by atoms with van der Waals surface area (Å²) in [6, 6.07) is 5.17. The number of halogens is 3. The van der Waals surface area contributed by atoms with Crippen LogP contribution in [0.1, 0.15) is 18.4 Å². The van der Waals surface area contributed by atoms with Crippen LogP contribution in [0, 0.1) is 17.5 Å². The lowest BCUT2D eigenvalue weighted by Gasteiger charge is -2.29. The topological polar surface area (TPSA) is 102 Å². The van der Waals surface area contributed by atoms with Crippen LogP contribution >= 0.6 is 0 Å². The Morgan fingerprint density at radius 3 is 2.76 bits per heavy atom. The van der Waals surface area contributed by atoms with Crippen LogP contribution in [0.25, 0.3) is 17.4 Å². The highest BCUT2D eigenvalue weighted by Crippen LogP contribution is 2.25. The molecule has 2 N–H and O–H groups in total. The maximum Gasteiger partial charge on any atom is 0.259 e. The number of hydrogen-bond acceptors (Lipinski definition) is 8. The van der Waals surface area contributed by atoms with Gasteiger partial charge in [0.05, 0.1) is 6.26 Å². The summed E-state index contributed by atoms with van der Waals surface area (Å²) in [7, 11) is 1.80. The summed E-state index contributed by atoms with van der Waals surface area (Å²) in [5.74, 6) is -1.42. The van der Waals surface area contributed by atoms with Crippen LogP contribution in [-0.4, -0.2) is 55.6 Å². The molecule has 4 aromatic rings. The number of benzene rings is 1. The number of hydrogen-bond donors (Lipinski definition) is 1. The van der Waals surface area contributed by atoms with Gasteiger partial charge in [0.15, 0.2) is 17.4 Å². The first-order valence-corrected chi connectivity index (χ1v) is 10.4. The van der Waals surface area contributed by atoms with Gasteiger partial charge in [0.2, 0.25) is 17.7 Å². The summed E-state index contributed by atoms with van der Waals surface area (Å²) < 4.78 is 48.5. The molecule has 1 fully saturated rings. The van der Waals surface area contributed by atoms with Crippen molar-refractivity contribution >= 4 is 17.7 Å². The maximum atomic E-state index is 14.2. The number of likely N-dealkylation sites (N-methyl/N-ethyl adjacent to an activating group) is 1. The zero-order chi connectivity index (χ0) is 23.1. The van der Waals surface area contributed by atoms with Crippen molar-refractivity contribution in [3.8, 4) is 11.6 Å². The van der Waals surface area contributed by atoms with Gasteiger partial charge >= 0.3 is 0 Å². The zero-order valence-electron chi connectivity index (χ0n) is 17.7. The molecule has 3 aromatic heterocycles. The quantitative estimate of drug-likeness (QED) is 0.440. The molecule has 1 aliphatic rings. The fraction of sp³-hybridized carbons (Fsp3) is 0.333. The van der Waals surface area contributed by atoms with Crippen LogP contribution in [0.15, 0.2) is 34.9 Å². The summed E-state index contributed by atoms with van der Waals surface area (Å²) in [6.45, 7) is 1.10. The number of nitrogens with zero attached hydrogens (tertiary/aromatic N) is 7. The molecule has 4 heterocycles. The van der Waals surface area contributed by atoms with Crippen LogP contribution in [-0.2, 0) is 6.54 Å². The second kappa shape index (κ2) is 8.35. The summed E-state index contributed by atoms with van der Waals surface area (Å²) in [6.07, 6.45) is 3.19. The normalized spacial score (nSPS) is 16.7. The predicted octanol–water partition coefficient (Wildman–Crippen LogP) is 2.88. The van der Waals surface area contributed by atoms with Crippen molar-refractivity contribution in [2.75, 3.05) is 30.8 Å². The van der Waals surface area contributed by atoms with E-state index in [9.17, 15) is 13.2 Å². The van der Waals surface area contributed by atoms with Crippen molar-refractivity contribution in [1.82, 2.24) is 29.5 Å². The van der Waals surface area contributed by atoms with Gasteiger partial charge < -0.3 is 15.1 Å². The molecule has 0 amide bonds. The Bertz CT molecular complexity index is 1290. The van der Waals surface area contributed by atoms with E-state index in [0.717, 1.165) is 25.0 Å². The lowest BCUT2D eigenvalue weighted by Crippen LogP contribution is -2.39. The first kappa shape index (κ1) is 21.2. The number of furan rings is 1. The predicted molar refractivity (Wildman–Crippen MR) is 114 cm³/mol. The van der Waals surface area contributed by atoms with Gasteiger partial charge in [-0.05, 0) is 43.7 Å². The largest absolute Gasteiger partial charge is 0.461 e. The molecule has 1 aliphatic heterocycles. The van der Waals surface area contributed by atoms with Crippen LogP contribution in [0.2, 0.25) is 0 Å². The van der Waals surface area contributed by atoms with Crippen LogP contribution < -0.4 is 10.6 Å². The molecule has 172 valence electrons. The van der Waals surface area contributed by atoms with Crippen molar-refractivity contribution in [3.05, 3.63) is 53.5 Å². The summed E-state index contributed by atoms with van der Waals surface area (Å²) in [4.78, 5) is 16.9. The molecule has 1 unspecified atom stereocenters. The monoisotopic (exact) mass is 458 g/mol. The Balaban J connectivity index is 1.35. The van der Waals surface area contributed by atoms with E-state index >= 15 is 0 Å². The van der Waals surface area contributed by atoms with Gasteiger partial charge in [-0.1, -0.05) is 0 Å². The van der Waals surface area contributed by atoms with E-state index in [4.69, 9.17) is 10.2 Å². The van der Waals surface area contributed by atoms with E-state index in [1.54, 1.807) is 24.1 Å². The smallest absolute Gasteiger partial charge is 0.259 e. The molecule has 1 atom stereocenters. The van der Waals surface area contributed by atoms with Crippen molar-refractivity contribution in [2.45, 2.75) is 25.4 Å². The third-order valence-electron chi connectivity index (χ3n) is 5.79. The summed E-state index contributed by atoms with van der Waals surface area (Å²) >= 11 is 0. The van der Waals surface area contributed by atoms with Gasteiger partial charge in [0.25, 0.3) is 5.78 Å². The second-order valence-corrected chi connectivity index (χ2v) is 7.98. The maximum absolute atomic E-state index is 14.2. The Hall–Kier alpha value is -3.67. The van der Waals surface area contributed by atoms with E-state index in [0.29, 0.717) is 30.6 Å². The molecule has 0 radical (unpaired) electrons. The Labute approximate surface area is 186 Å². The van der Waals surface area contributed by atoms with E-state index in [-0.39, 0.29) is 29.9 Å². The summed E-state index contributed by atoms with van der Waals surface area (Å²) in [5.41, 5.74) is 5.81. The van der Waals surface area contributed by atoms with Crippen LogP contribution in [0.3, 0.4) is 0 Å². The second-order valence-electron chi connectivity index (χ2n) is 7.98. The third kappa shape index (κ3) is 3.97. The first-order valence-electron chi connectivity index (χ1n) is 10.4. The first-order chi connectivity index (χ1) is 15.9. The molecule has 1 saturated heterocycles. The number of nitrogens with two attached hydrogens (primary N) is 1. The van der Waals surface area contributed by atoms with Gasteiger partial charge in [0.1, 0.15) is 5.82 Å². The fourth-order valence-corrected chi connectivity index (χ4v) is 4.10. The van der Waals surface area contributed by atoms with Crippen molar-refractivity contribution in [1.29, 1.82) is 0 Å². The van der Waals surface area contributed by atoms with E-state index in [1.807, 2.05) is 4.90 Å². The van der Waals surface area contributed by atoms with E-state index in [1.165, 1.54) is 10.8 Å². The van der Waals surface area contributed by atoms with Gasteiger partial charge in [-0.25, -0.2) is 13.2 Å². The Kier molecular flexibility index (Phi) is 5.36. The van der Waals surface area contributed by atoms with Crippen molar-refractivity contribution in [2.24, 2.45) is 0 Å². The molecule has 1 aromatic carbocycles. The molecule has 0 saturated carbocycles. The highest BCUT2D eigenvalue weighted by atomic mass is 19.2. The van der Waals surface area contributed by atoms with Gasteiger partial charge in [-0.3, -0.25) is 4.90 Å². The minimum absolute atomic E-state index is 0.0212. The molecule has 33 heavy (non-hydrogen) atoms. The van der Waals surface area contributed by atoms with Crippen molar-refractivity contribution < 1.29 is 17.6 Å². The minimum atomic E-state index is -1.14. The minimum Gasteiger partial charge on any atom is -0.461 e. The molecule has 0 spiro atoms. The van der Waals surface area contributed by atoms with Crippen LogP contribution in [0.4, 0.5) is 25.1 Å². The number of nitrogen functional groups attached to an aromatic ring is 1. The molecule has 0 bridgehead atoms. The van der Waals surface area contributed by atoms with Gasteiger partial charge in [-0.15, -0.1) is 5.10 Å². The molecular formula is C21H21F3N8O. The average molecular weight is 458 g/mol. The van der Waals surface area contributed by atoms with E-state index in [2.05, 4.69) is 20.1 Å². The number of anilines is 2.